The smallest absolute Gasteiger partial charge is 0.404 e. The van der Waals surface area contributed by atoms with Gasteiger partial charge < -0.3 is 24.8 Å². The molecule has 1 amide bonds. The van der Waals surface area contributed by atoms with E-state index in [-0.39, 0.29) is 6.04 Å². The van der Waals surface area contributed by atoms with Gasteiger partial charge in [0.25, 0.3) is 0 Å². The van der Waals surface area contributed by atoms with Crippen LogP contribution < -0.4 is 15.0 Å². The van der Waals surface area contributed by atoms with Gasteiger partial charge in [0, 0.05) is 36.9 Å². The van der Waals surface area contributed by atoms with Gasteiger partial charge in [0.05, 0.1) is 31.6 Å². The molecule has 0 bridgehead atoms. The van der Waals surface area contributed by atoms with Crippen molar-refractivity contribution >= 4 is 22.8 Å². The molecule has 3 aromatic heterocycles. The number of aromatic nitrogens is 4. The van der Waals surface area contributed by atoms with Gasteiger partial charge in [-0.2, -0.15) is 5.10 Å². The summed E-state index contributed by atoms with van der Waals surface area (Å²) < 4.78 is 11.6. The largest absolute Gasteiger partial charge is 0.493 e. The topological polar surface area (TPSA) is 125 Å². The molecule has 0 unspecified atom stereocenters. The number of rotatable bonds is 7. The second-order valence-corrected chi connectivity index (χ2v) is 7.06. The highest BCUT2D eigenvalue weighted by atomic mass is 16.5. The minimum Gasteiger partial charge on any atom is -0.493 e. The summed E-state index contributed by atoms with van der Waals surface area (Å²) in [5.74, 6) is 1.48. The van der Waals surface area contributed by atoms with Crippen LogP contribution in [0.3, 0.4) is 0 Å². The van der Waals surface area contributed by atoms with Crippen molar-refractivity contribution in [2.75, 3.05) is 37.8 Å². The first-order valence-corrected chi connectivity index (χ1v) is 9.87. The van der Waals surface area contributed by atoms with E-state index in [1.807, 2.05) is 18.2 Å². The lowest BCUT2D eigenvalue weighted by atomic mass is 10.1. The third kappa shape index (κ3) is 4.28. The lowest BCUT2D eigenvalue weighted by molar-refractivity contribution is 0.0985. The minimum atomic E-state index is -1.04. The van der Waals surface area contributed by atoms with Crippen LogP contribution >= 0.6 is 0 Å². The Balaban J connectivity index is 1.70. The van der Waals surface area contributed by atoms with Crippen LogP contribution in [0.15, 0.2) is 30.6 Å². The average molecular weight is 412 g/mol. The summed E-state index contributed by atoms with van der Waals surface area (Å²) in [6.45, 7) is 4.81. The molecule has 4 heterocycles. The number of carboxylic acid groups (broad SMARTS) is 1. The molecule has 0 aliphatic carbocycles. The van der Waals surface area contributed by atoms with E-state index in [4.69, 9.17) is 19.6 Å². The van der Waals surface area contributed by atoms with Crippen molar-refractivity contribution in [2.45, 2.75) is 19.4 Å². The Morgan fingerprint density at radius 1 is 1.43 bits per heavy atom. The lowest BCUT2D eigenvalue weighted by Crippen LogP contribution is -2.44. The summed E-state index contributed by atoms with van der Waals surface area (Å²) >= 11 is 0. The van der Waals surface area contributed by atoms with Crippen LogP contribution in [0.5, 0.6) is 5.75 Å². The number of aromatic amines is 1. The van der Waals surface area contributed by atoms with Gasteiger partial charge in [-0.15, -0.1) is 0 Å². The minimum absolute atomic E-state index is 0.184. The zero-order valence-electron chi connectivity index (χ0n) is 16.7. The summed E-state index contributed by atoms with van der Waals surface area (Å²) in [5.41, 5.74) is 2.19. The van der Waals surface area contributed by atoms with E-state index in [0.29, 0.717) is 44.2 Å². The molecule has 0 saturated carbocycles. The monoisotopic (exact) mass is 412 g/mol. The highest BCUT2D eigenvalue weighted by Crippen LogP contribution is 2.34. The maximum absolute atomic E-state index is 10.6. The number of amides is 1. The quantitative estimate of drug-likeness (QED) is 0.505. The predicted molar refractivity (Wildman–Crippen MR) is 111 cm³/mol. The summed E-state index contributed by atoms with van der Waals surface area (Å²) in [4.78, 5) is 22.3. The zero-order chi connectivity index (χ0) is 20.9. The number of anilines is 1. The first-order chi connectivity index (χ1) is 14.6. The van der Waals surface area contributed by atoms with Gasteiger partial charge in [-0.3, -0.25) is 10.1 Å². The highest BCUT2D eigenvalue weighted by molar-refractivity contribution is 5.95. The number of carbonyl (C=O) groups is 1. The van der Waals surface area contributed by atoms with Crippen LogP contribution in [0.25, 0.3) is 22.3 Å². The Morgan fingerprint density at radius 3 is 3.10 bits per heavy atom. The van der Waals surface area contributed by atoms with Gasteiger partial charge in [-0.25, -0.2) is 9.78 Å². The summed E-state index contributed by atoms with van der Waals surface area (Å²) in [6, 6.07) is 5.85. The maximum atomic E-state index is 10.6. The second-order valence-electron chi connectivity index (χ2n) is 7.06. The molecular formula is C20H24N6O4. The van der Waals surface area contributed by atoms with Crippen molar-refractivity contribution < 1.29 is 19.4 Å². The van der Waals surface area contributed by atoms with Crippen molar-refractivity contribution in [1.82, 2.24) is 25.5 Å². The number of nitrogens with one attached hydrogen (secondary N) is 2. The van der Waals surface area contributed by atoms with Crippen LogP contribution in [0.2, 0.25) is 0 Å². The number of ether oxygens (including phenoxy) is 2. The zero-order valence-corrected chi connectivity index (χ0v) is 16.7. The number of H-pyrrole nitrogens is 1. The number of morpholine rings is 1. The number of nitrogens with zero attached hydrogens (tertiary/aromatic N) is 4. The Morgan fingerprint density at radius 2 is 2.33 bits per heavy atom. The standard InChI is InChI=1S/C20H24N6O4/c1-13-12-29-10-8-26(13)17-11-16(30-9-2-5-22-20(27)28)14-3-6-21-19(18(14)24-17)15-4-7-23-25-15/h3-4,6-7,11,13,22H,2,5,8-10,12H2,1H3,(H,23,25)(H,27,28)/t13-/m1/s1. The van der Waals surface area contributed by atoms with E-state index in [9.17, 15) is 4.79 Å². The third-order valence-electron chi connectivity index (χ3n) is 4.95. The van der Waals surface area contributed by atoms with E-state index in [0.717, 1.165) is 29.0 Å². The fourth-order valence-electron chi connectivity index (χ4n) is 3.48. The molecular weight excluding hydrogens is 388 g/mol. The molecule has 1 saturated heterocycles. The predicted octanol–water partition coefficient (Wildman–Crippen LogP) is 2.28. The lowest BCUT2D eigenvalue weighted by Gasteiger charge is -2.34. The van der Waals surface area contributed by atoms with Crippen molar-refractivity contribution in [3.63, 3.8) is 0 Å². The molecule has 10 nitrogen and oxygen atoms in total. The molecule has 0 radical (unpaired) electrons. The Bertz CT molecular complexity index is 1010. The molecule has 1 atom stereocenters. The highest BCUT2D eigenvalue weighted by Gasteiger charge is 2.23. The second kappa shape index (κ2) is 8.95. The third-order valence-corrected chi connectivity index (χ3v) is 4.95. The average Bonchev–Trinajstić information content (AvgIpc) is 3.27. The van der Waals surface area contributed by atoms with Gasteiger partial charge >= 0.3 is 6.09 Å². The van der Waals surface area contributed by atoms with E-state index < -0.39 is 6.09 Å². The first-order valence-electron chi connectivity index (χ1n) is 9.87. The van der Waals surface area contributed by atoms with Gasteiger partial charge in [0.1, 0.15) is 22.8 Å². The normalized spacial score (nSPS) is 16.6. The molecule has 0 aromatic carbocycles. The van der Waals surface area contributed by atoms with Gasteiger partial charge in [0.15, 0.2) is 0 Å². The van der Waals surface area contributed by atoms with Crippen molar-refractivity contribution in [1.29, 1.82) is 0 Å². The molecule has 3 aromatic rings. The summed E-state index contributed by atoms with van der Waals surface area (Å²) in [5, 5.41) is 18.9. The van der Waals surface area contributed by atoms with Crippen LogP contribution in [-0.2, 0) is 4.74 Å². The fourth-order valence-corrected chi connectivity index (χ4v) is 3.48. The van der Waals surface area contributed by atoms with E-state index >= 15 is 0 Å². The number of fused-ring (bicyclic) bond motifs is 1. The fraction of sp³-hybridized carbons (Fsp3) is 0.400. The molecule has 1 aliphatic rings. The first kappa shape index (κ1) is 19.9. The van der Waals surface area contributed by atoms with Crippen LogP contribution in [0.4, 0.5) is 10.6 Å². The number of hydrogen-bond donors (Lipinski definition) is 3. The molecule has 1 fully saturated rings. The Labute approximate surface area is 173 Å². The molecule has 3 N–H and O–H groups in total. The molecule has 0 spiro atoms. The molecule has 1 aliphatic heterocycles. The van der Waals surface area contributed by atoms with Gasteiger partial charge in [-0.1, -0.05) is 0 Å². The van der Waals surface area contributed by atoms with Crippen molar-refractivity contribution in [3.8, 4) is 17.1 Å². The molecule has 10 heteroatoms. The van der Waals surface area contributed by atoms with E-state index in [1.165, 1.54) is 0 Å². The molecule has 158 valence electrons. The van der Waals surface area contributed by atoms with E-state index in [1.54, 1.807) is 12.4 Å². The summed E-state index contributed by atoms with van der Waals surface area (Å²) in [7, 11) is 0. The number of hydrogen-bond acceptors (Lipinski definition) is 7. The van der Waals surface area contributed by atoms with Crippen LogP contribution in [0, 0.1) is 0 Å². The van der Waals surface area contributed by atoms with Crippen molar-refractivity contribution in [2.24, 2.45) is 0 Å². The number of pyridine rings is 2. The van der Waals surface area contributed by atoms with Crippen molar-refractivity contribution in [3.05, 3.63) is 30.6 Å². The van der Waals surface area contributed by atoms with E-state index in [2.05, 4.69) is 32.3 Å². The molecule has 30 heavy (non-hydrogen) atoms. The van der Waals surface area contributed by atoms with Gasteiger partial charge in [-0.05, 0) is 25.5 Å². The Hall–Kier alpha value is -3.40. The summed E-state index contributed by atoms with van der Waals surface area (Å²) in [6.07, 6.45) is 2.91. The van der Waals surface area contributed by atoms with Gasteiger partial charge in [0.2, 0.25) is 0 Å². The Kier molecular flexibility index (Phi) is 5.94. The SMILES string of the molecule is C[C@@H]1COCCN1c1cc(OCCCNC(=O)O)c2ccnc(-c3ccn[nH]3)c2n1. The maximum Gasteiger partial charge on any atom is 0.404 e. The van der Waals surface area contributed by atoms with Crippen LogP contribution in [-0.4, -0.2) is 70.3 Å². The van der Waals surface area contributed by atoms with Crippen LogP contribution in [0.1, 0.15) is 13.3 Å². The molecule has 4 rings (SSSR count).